The van der Waals surface area contributed by atoms with Gasteiger partial charge < -0.3 is 13.7 Å². The van der Waals surface area contributed by atoms with Gasteiger partial charge in [0, 0.05) is 32.9 Å². The largest absolute Gasteiger partial charge is 0.456 e. The van der Waals surface area contributed by atoms with Crippen molar-refractivity contribution in [2.75, 3.05) is 4.90 Å². The molecular weight excluding hydrogens is 815 g/mol. The summed E-state index contributed by atoms with van der Waals surface area (Å²) < 4.78 is 13.3. The Morgan fingerprint density at radius 3 is 1.58 bits per heavy atom. The average Bonchev–Trinajstić information content (AvgIpc) is 4.07. The summed E-state index contributed by atoms with van der Waals surface area (Å²) in [7, 11) is 0. The third-order valence-electron chi connectivity index (χ3n) is 15.5. The maximum atomic E-state index is 6.74. The Kier molecular flexibility index (Phi) is 7.22. The van der Waals surface area contributed by atoms with Crippen molar-refractivity contribution in [2.45, 2.75) is 24.7 Å². The number of hydrogen-bond donors (Lipinski definition) is 0. The topological polar surface area (TPSA) is 29.5 Å². The summed E-state index contributed by atoms with van der Waals surface area (Å²) in [4.78, 5) is 2.48. The lowest BCUT2D eigenvalue weighted by Gasteiger charge is -2.36. The van der Waals surface area contributed by atoms with E-state index in [9.17, 15) is 0 Å². The Balaban J connectivity index is 1.05. The van der Waals surface area contributed by atoms with Crippen molar-refractivity contribution in [2.24, 2.45) is 0 Å². The highest BCUT2D eigenvalue weighted by molar-refractivity contribution is 6.14. The van der Waals surface area contributed by atoms with E-state index in [0.29, 0.717) is 0 Å². The van der Waals surface area contributed by atoms with Gasteiger partial charge >= 0.3 is 0 Å². The van der Waals surface area contributed by atoms with E-state index in [1.54, 1.807) is 0 Å². The van der Waals surface area contributed by atoms with E-state index in [-0.39, 0.29) is 5.41 Å². The second-order valence-corrected chi connectivity index (χ2v) is 19.1. The highest BCUT2D eigenvalue weighted by Crippen LogP contribution is 2.63. The molecule has 67 heavy (non-hydrogen) atoms. The summed E-state index contributed by atoms with van der Waals surface area (Å²) in [6.45, 7) is 4.73. The third-order valence-corrected chi connectivity index (χ3v) is 15.5. The molecule has 0 saturated carbocycles. The fourth-order valence-electron chi connectivity index (χ4n) is 12.6. The summed E-state index contributed by atoms with van der Waals surface area (Å²) in [5.41, 5.74) is 23.6. The molecule has 314 valence electrons. The van der Waals surface area contributed by atoms with Gasteiger partial charge in [0.15, 0.2) is 0 Å². The van der Waals surface area contributed by atoms with Crippen LogP contribution in [0.3, 0.4) is 0 Å². The van der Waals surface area contributed by atoms with Crippen molar-refractivity contribution in [1.82, 2.24) is 0 Å². The van der Waals surface area contributed by atoms with Gasteiger partial charge in [-0.2, -0.15) is 0 Å². The van der Waals surface area contributed by atoms with Gasteiger partial charge in [-0.3, -0.25) is 0 Å². The number of nitrogens with zero attached hydrogens (tertiary/aromatic N) is 1. The van der Waals surface area contributed by atoms with Crippen molar-refractivity contribution in [3.05, 3.63) is 246 Å². The van der Waals surface area contributed by atoms with Crippen LogP contribution in [0.1, 0.15) is 47.2 Å². The first-order valence-corrected chi connectivity index (χ1v) is 23.3. The molecular formula is C64H41NO2. The Hall–Kier alpha value is -8.40. The number of fused-ring (bicyclic) bond motifs is 21. The Labute approximate surface area is 387 Å². The Morgan fingerprint density at radius 1 is 0.313 bits per heavy atom. The molecule has 0 fully saturated rings. The van der Waals surface area contributed by atoms with Crippen LogP contribution >= 0.6 is 0 Å². The highest BCUT2D eigenvalue weighted by Gasteiger charge is 2.50. The van der Waals surface area contributed by atoms with Crippen LogP contribution < -0.4 is 4.90 Å². The second kappa shape index (κ2) is 13.1. The molecule has 1 atom stereocenters. The Bertz CT molecular complexity index is 4110. The predicted molar refractivity (Wildman–Crippen MR) is 275 cm³/mol. The van der Waals surface area contributed by atoms with Crippen LogP contribution in [0.4, 0.5) is 17.1 Å². The zero-order chi connectivity index (χ0) is 44.2. The molecule has 0 bridgehead atoms. The van der Waals surface area contributed by atoms with E-state index < -0.39 is 5.41 Å². The molecule has 2 heterocycles. The normalized spacial score (nSPS) is 15.8. The molecule has 2 aromatic heterocycles. The van der Waals surface area contributed by atoms with Gasteiger partial charge in [-0.1, -0.05) is 166 Å². The van der Waals surface area contributed by atoms with E-state index in [1.807, 2.05) is 0 Å². The van der Waals surface area contributed by atoms with E-state index in [2.05, 4.69) is 231 Å². The minimum Gasteiger partial charge on any atom is -0.456 e. The average molecular weight is 856 g/mol. The summed E-state index contributed by atoms with van der Waals surface area (Å²) in [6.07, 6.45) is 0. The lowest BCUT2D eigenvalue weighted by atomic mass is 9.66. The van der Waals surface area contributed by atoms with Gasteiger partial charge in [-0.25, -0.2) is 0 Å². The van der Waals surface area contributed by atoms with Crippen LogP contribution in [0.5, 0.6) is 0 Å². The molecule has 1 unspecified atom stereocenters. The maximum Gasteiger partial charge on any atom is 0.137 e. The first-order valence-electron chi connectivity index (χ1n) is 23.3. The molecule has 12 aromatic rings. The maximum absolute atomic E-state index is 6.74. The molecule has 0 amide bonds. The molecule has 10 aromatic carbocycles. The second-order valence-electron chi connectivity index (χ2n) is 19.1. The molecule has 0 saturated heterocycles. The molecule has 3 nitrogen and oxygen atoms in total. The van der Waals surface area contributed by atoms with E-state index in [1.165, 1.54) is 77.9 Å². The van der Waals surface area contributed by atoms with E-state index in [0.717, 1.165) is 60.9 Å². The van der Waals surface area contributed by atoms with Crippen LogP contribution in [0.15, 0.2) is 221 Å². The highest BCUT2D eigenvalue weighted by atomic mass is 16.3. The van der Waals surface area contributed by atoms with Crippen LogP contribution in [0.2, 0.25) is 0 Å². The van der Waals surface area contributed by atoms with E-state index in [4.69, 9.17) is 8.83 Å². The van der Waals surface area contributed by atoms with Gasteiger partial charge in [0.25, 0.3) is 0 Å². The fourth-order valence-corrected chi connectivity index (χ4v) is 12.6. The van der Waals surface area contributed by atoms with Crippen molar-refractivity contribution in [1.29, 1.82) is 0 Å². The molecule has 3 aliphatic carbocycles. The summed E-state index contributed by atoms with van der Waals surface area (Å²) >= 11 is 0. The number of benzene rings is 10. The van der Waals surface area contributed by atoms with Gasteiger partial charge in [-0.15, -0.1) is 0 Å². The molecule has 15 rings (SSSR count). The first kappa shape index (κ1) is 36.9. The minimum absolute atomic E-state index is 0.179. The van der Waals surface area contributed by atoms with Gasteiger partial charge in [-0.05, 0) is 139 Å². The number of rotatable bonds is 3. The number of anilines is 3. The quantitative estimate of drug-likeness (QED) is 0.177. The smallest absolute Gasteiger partial charge is 0.137 e. The van der Waals surface area contributed by atoms with Crippen molar-refractivity contribution >= 4 is 60.9 Å². The summed E-state index contributed by atoms with van der Waals surface area (Å²) in [5.74, 6) is 0. The minimum atomic E-state index is -0.669. The molecule has 0 aliphatic heterocycles. The lowest BCUT2D eigenvalue weighted by molar-refractivity contribution is 0.660. The van der Waals surface area contributed by atoms with Crippen LogP contribution in [-0.2, 0) is 10.8 Å². The first-order chi connectivity index (χ1) is 33.0. The summed E-state index contributed by atoms with van der Waals surface area (Å²) in [5, 5.41) is 4.46. The predicted octanol–water partition coefficient (Wildman–Crippen LogP) is 17.3. The Morgan fingerprint density at radius 2 is 0.821 bits per heavy atom. The summed E-state index contributed by atoms with van der Waals surface area (Å²) in [6, 6.07) is 78.6. The van der Waals surface area contributed by atoms with Gasteiger partial charge in [0.2, 0.25) is 0 Å². The van der Waals surface area contributed by atoms with Crippen molar-refractivity contribution in [3.63, 3.8) is 0 Å². The fraction of sp³-hybridized carbons (Fsp3) is 0.0625. The van der Waals surface area contributed by atoms with Crippen molar-refractivity contribution < 1.29 is 8.83 Å². The third kappa shape index (κ3) is 4.75. The van der Waals surface area contributed by atoms with E-state index >= 15 is 0 Å². The monoisotopic (exact) mass is 855 g/mol. The standard InChI is InChI=1S/C64H41NO2/c1-63(2)51-23-10-5-19-43(51)45-32-30-39(35-55(45)63)65(57-26-15-29-60-62(57)47-22-9-14-28-59(47)66-60)38-31-33-54-48(34-38)41-17-4-3-16-40(41)42-18-6-11-24-52(42)64(54)53-25-12-7-20-44(53)49-36-50-46-21-8-13-27-58(46)67-61(50)37-56(49)64/h3-37H,1-2H3. The number of para-hydroxylation sites is 2. The SMILES string of the molecule is CC1(C)c2ccccc2-c2ccc(N(c3ccc4c(c3)-c3ccccc3-c3ccccc3C43c4ccccc4-c4cc5c(cc43)oc3ccccc35)c3cccc4oc5ccccc5c34)cc21. The number of hydrogen-bond acceptors (Lipinski definition) is 3. The number of furan rings is 2. The van der Waals surface area contributed by atoms with Crippen molar-refractivity contribution in [3.8, 4) is 44.5 Å². The molecule has 3 heteroatoms. The van der Waals surface area contributed by atoms with Crippen LogP contribution in [-0.4, -0.2) is 0 Å². The van der Waals surface area contributed by atoms with Gasteiger partial charge in [0.05, 0.1) is 16.5 Å². The molecule has 0 radical (unpaired) electrons. The molecule has 0 N–H and O–H groups in total. The van der Waals surface area contributed by atoms with Gasteiger partial charge in [0.1, 0.15) is 22.3 Å². The zero-order valence-electron chi connectivity index (χ0n) is 37.0. The van der Waals surface area contributed by atoms with Crippen LogP contribution in [0, 0.1) is 0 Å². The molecule has 1 spiro atoms. The molecule has 3 aliphatic rings. The van der Waals surface area contributed by atoms with Crippen LogP contribution in [0.25, 0.3) is 88.4 Å². The zero-order valence-corrected chi connectivity index (χ0v) is 37.0. The lowest BCUT2D eigenvalue weighted by Crippen LogP contribution is -2.29.